The minimum absolute atomic E-state index is 0.0171. The topological polar surface area (TPSA) is 55.8 Å². The van der Waals surface area contributed by atoms with Gasteiger partial charge < -0.3 is 15.3 Å². The van der Waals surface area contributed by atoms with Crippen molar-refractivity contribution in [3.05, 3.63) is 35.4 Å². The molecule has 2 atom stereocenters. The van der Waals surface area contributed by atoms with Crippen LogP contribution in [-0.2, 0) is 6.54 Å². The van der Waals surface area contributed by atoms with E-state index in [-0.39, 0.29) is 24.5 Å². The van der Waals surface area contributed by atoms with Gasteiger partial charge in [0.05, 0.1) is 0 Å². The molecule has 1 aromatic carbocycles. The van der Waals surface area contributed by atoms with E-state index in [9.17, 15) is 9.90 Å². The van der Waals surface area contributed by atoms with Gasteiger partial charge in [-0.25, -0.2) is 0 Å². The maximum absolute atomic E-state index is 12.5. The molecule has 138 valence electrons. The van der Waals surface area contributed by atoms with Crippen molar-refractivity contribution in [2.24, 2.45) is 5.92 Å². The van der Waals surface area contributed by atoms with Crippen LogP contribution in [0.2, 0.25) is 0 Å². The first-order valence-corrected chi connectivity index (χ1v) is 9.57. The number of likely N-dealkylation sites (N-methyl/N-ethyl adjacent to an activating group) is 1. The van der Waals surface area contributed by atoms with Gasteiger partial charge in [0.25, 0.3) is 5.91 Å². The Bertz CT molecular complexity index is 553. The number of amides is 1. The zero-order valence-corrected chi connectivity index (χ0v) is 15.3. The van der Waals surface area contributed by atoms with E-state index in [4.69, 9.17) is 0 Å². The number of rotatable bonds is 5. The lowest BCUT2D eigenvalue weighted by atomic mass is 9.85. The van der Waals surface area contributed by atoms with Crippen molar-refractivity contribution < 1.29 is 9.90 Å². The highest BCUT2D eigenvalue weighted by molar-refractivity contribution is 5.94. The van der Waals surface area contributed by atoms with Gasteiger partial charge in [-0.2, -0.15) is 0 Å². The van der Waals surface area contributed by atoms with Gasteiger partial charge in [-0.1, -0.05) is 25.0 Å². The Kier molecular flexibility index (Phi) is 6.45. The van der Waals surface area contributed by atoms with E-state index >= 15 is 0 Å². The van der Waals surface area contributed by atoms with E-state index in [0.717, 1.165) is 58.4 Å². The van der Waals surface area contributed by atoms with Crippen LogP contribution in [0, 0.1) is 5.92 Å². The highest BCUT2D eigenvalue weighted by atomic mass is 16.3. The fraction of sp³-hybridized carbons (Fsp3) is 0.650. The summed E-state index contributed by atoms with van der Waals surface area (Å²) >= 11 is 0. The van der Waals surface area contributed by atoms with E-state index in [0.29, 0.717) is 5.56 Å². The summed E-state index contributed by atoms with van der Waals surface area (Å²) in [6.45, 7) is 5.55. The molecule has 0 spiro atoms. The number of benzene rings is 1. The van der Waals surface area contributed by atoms with Crippen LogP contribution in [0.5, 0.6) is 0 Å². The summed E-state index contributed by atoms with van der Waals surface area (Å²) in [4.78, 5) is 17.3. The predicted molar refractivity (Wildman–Crippen MR) is 99.5 cm³/mol. The quantitative estimate of drug-likeness (QED) is 0.853. The van der Waals surface area contributed by atoms with Gasteiger partial charge in [-0.15, -0.1) is 0 Å². The van der Waals surface area contributed by atoms with Gasteiger partial charge in [-0.05, 0) is 37.6 Å². The third kappa shape index (κ3) is 5.03. The van der Waals surface area contributed by atoms with Crippen molar-refractivity contribution >= 4 is 5.91 Å². The van der Waals surface area contributed by atoms with E-state index < -0.39 is 0 Å². The van der Waals surface area contributed by atoms with Crippen LogP contribution < -0.4 is 5.32 Å². The van der Waals surface area contributed by atoms with Crippen LogP contribution in [-0.4, -0.2) is 66.7 Å². The van der Waals surface area contributed by atoms with Gasteiger partial charge in [0.1, 0.15) is 0 Å². The number of aliphatic hydroxyl groups excluding tert-OH is 1. The lowest BCUT2D eigenvalue weighted by Crippen LogP contribution is -2.44. The van der Waals surface area contributed by atoms with Gasteiger partial charge in [0.2, 0.25) is 0 Å². The summed E-state index contributed by atoms with van der Waals surface area (Å²) < 4.78 is 0. The Morgan fingerprint density at radius 3 is 2.48 bits per heavy atom. The highest BCUT2D eigenvalue weighted by Gasteiger charge is 2.26. The molecule has 5 heteroatoms. The average molecular weight is 345 g/mol. The van der Waals surface area contributed by atoms with E-state index in [1.54, 1.807) is 0 Å². The van der Waals surface area contributed by atoms with E-state index in [2.05, 4.69) is 34.3 Å². The minimum atomic E-state index is -0.0171. The zero-order valence-electron chi connectivity index (χ0n) is 15.3. The molecule has 5 nitrogen and oxygen atoms in total. The number of nitrogens with zero attached hydrogens (tertiary/aromatic N) is 2. The van der Waals surface area contributed by atoms with Crippen LogP contribution in [0.3, 0.4) is 0 Å². The summed E-state index contributed by atoms with van der Waals surface area (Å²) in [6, 6.07) is 8.10. The van der Waals surface area contributed by atoms with Crippen LogP contribution in [0.25, 0.3) is 0 Å². The molecule has 1 heterocycles. The second kappa shape index (κ2) is 8.79. The highest BCUT2D eigenvalue weighted by Crippen LogP contribution is 2.24. The summed E-state index contributed by atoms with van der Waals surface area (Å²) in [7, 11) is 2.17. The summed E-state index contributed by atoms with van der Waals surface area (Å²) in [6.07, 6.45) is 4.26. The van der Waals surface area contributed by atoms with Gasteiger partial charge in [0.15, 0.2) is 0 Å². The third-order valence-corrected chi connectivity index (χ3v) is 5.68. The molecule has 2 aliphatic rings. The van der Waals surface area contributed by atoms with E-state index in [1.165, 1.54) is 5.56 Å². The smallest absolute Gasteiger partial charge is 0.251 e. The van der Waals surface area contributed by atoms with Crippen LogP contribution in [0.1, 0.15) is 41.6 Å². The average Bonchev–Trinajstić information content (AvgIpc) is 2.64. The van der Waals surface area contributed by atoms with E-state index in [1.807, 2.05) is 12.1 Å². The molecule has 1 aliphatic carbocycles. The molecule has 3 rings (SSSR count). The molecule has 2 N–H and O–H groups in total. The summed E-state index contributed by atoms with van der Waals surface area (Å²) in [5, 5.41) is 12.6. The normalized spacial score (nSPS) is 25.7. The molecule has 1 saturated carbocycles. The summed E-state index contributed by atoms with van der Waals surface area (Å²) in [5.41, 5.74) is 1.97. The Labute approximate surface area is 151 Å². The monoisotopic (exact) mass is 345 g/mol. The molecular weight excluding hydrogens is 314 g/mol. The second-order valence-corrected chi connectivity index (χ2v) is 7.58. The van der Waals surface area contributed by atoms with Crippen molar-refractivity contribution in [1.82, 2.24) is 15.1 Å². The number of hydrogen-bond donors (Lipinski definition) is 2. The molecule has 25 heavy (non-hydrogen) atoms. The first kappa shape index (κ1) is 18.4. The van der Waals surface area contributed by atoms with Gasteiger partial charge >= 0.3 is 0 Å². The maximum atomic E-state index is 12.5. The number of hydrogen-bond acceptors (Lipinski definition) is 4. The van der Waals surface area contributed by atoms with Crippen molar-refractivity contribution in [3.63, 3.8) is 0 Å². The Hall–Kier alpha value is -1.43. The number of nitrogens with one attached hydrogen (secondary N) is 1. The van der Waals surface area contributed by atoms with Crippen molar-refractivity contribution in [2.45, 2.75) is 38.3 Å². The Balaban J connectivity index is 1.53. The van der Waals surface area contributed by atoms with Crippen LogP contribution in [0.4, 0.5) is 0 Å². The number of piperazine rings is 1. The molecule has 0 bridgehead atoms. The third-order valence-electron chi connectivity index (χ3n) is 5.68. The molecule has 2 fully saturated rings. The summed E-state index contributed by atoms with van der Waals surface area (Å²) in [5.74, 6) is 0.186. The van der Waals surface area contributed by atoms with Crippen molar-refractivity contribution in [1.29, 1.82) is 0 Å². The fourth-order valence-electron chi connectivity index (χ4n) is 3.89. The van der Waals surface area contributed by atoms with Gasteiger partial charge in [-0.3, -0.25) is 9.69 Å². The van der Waals surface area contributed by atoms with Gasteiger partial charge in [0, 0.05) is 56.9 Å². The molecule has 0 aromatic heterocycles. The van der Waals surface area contributed by atoms with Crippen molar-refractivity contribution in [3.8, 4) is 0 Å². The minimum Gasteiger partial charge on any atom is -0.396 e. The molecule has 1 aliphatic heterocycles. The lowest BCUT2D eigenvalue weighted by molar-refractivity contribution is 0.0872. The SMILES string of the molecule is CN1CCN(Cc2ccc(C(=O)NC3CCCCC3CO)cc2)CC1. The predicted octanol–water partition coefficient (Wildman–Crippen LogP) is 1.71. The first-order chi connectivity index (χ1) is 12.2. The number of carbonyl (C=O) groups excluding carboxylic acids is 1. The first-order valence-electron chi connectivity index (χ1n) is 9.57. The molecule has 1 aromatic rings. The Morgan fingerprint density at radius 2 is 1.80 bits per heavy atom. The molecule has 1 amide bonds. The maximum Gasteiger partial charge on any atom is 0.251 e. The zero-order chi connectivity index (χ0) is 17.6. The number of carbonyl (C=O) groups is 1. The molecule has 2 unspecified atom stereocenters. The largest absolute Gasteiger partial charge is 0.396 e. The second-order valence-electron chi connectivity index (χ2n) is 7.58. The van der Waals surface area contributed by atoms with Crippen LogP contribution >= 0.6 is 0 Å². The molecular formula is C20H31N3O2. The molecule has 0 radical (unpaired) electrons. The lowest BCUT2D eigenvalue weighted by Gasteiger charge is -2.32. The molecule has 1 saturated heterocycles. The van der Waals surface area contributed by atoms with Crippen molar-refractivity contribution in [2.75, 3.05) is 39.8 Å². The standard InChI is InChI=1S/C20H31N3O2/c1-22-10-12-23(13-11-22)14-16-6-8-17(9-7-16)20(25)21-19-5-3-2-4-18(19)15-24/h6-9,18-19,24H,2-5,10-15H2,1H3,(H,21,25). The Morgan fingerprint density at radius 1 is 1.12 bits per heavy atom. The fourth-order valence-corrected chi connectivity index (χ4v) is 3.89. The van der Waals surface area contributed by atoms with Crippen LogP contribution in [0.15, 0.2) is 24.3 Å². The number of aliphatic hydroxyl groups is 1.